The van der Waals surface area contributed by atoms with Crippen LogP contribution in [0.4, 0.5) is 5.69 Å². The minimum Gasteiger partial charge on any atom is -0.489 e. The molecule has 0 fully saturated rings. The number of carbonyl (C=O) groups is 1. The summed E-state index contributed by atoms with van der Waals surface area (Å²) in [6, 6.07) is 22.5. The maximum atomic E-state index is 12.6. The molecule has 1 heterocycles. The van der Waals surface area contributed by atoms with E-state index in [4.69, 9.17) is 4.74 Å². The minimum atomic E-state index is -0.207. The first-order valence-corrected chi connectivity index (χ1v) is 9.10. The first-order chi connectivity index (χ1) is 14.2. The predicted molar refractivity (Wildman–Crippen MR) is 109 cm³/mol. The lowest BCUT2D eigenvalue weighted by molar-refractivity contribution is 0.102. The molecule has 1 aromatic heterocycles. The van der Waals surface area contributed by atoms with Crippen LogP contribution in [0.1, 0.15) is 21.5 Å². The fourth-order valence-corrected chi connectivity index (χ4v) is 2.88. The molecule has 7 nitrogen and oxygen atoms in total. The summed E-state index contributed by atoms with van der Waals surface area (Å²) in [6.45, 7) is 2.50. The highest BCUT2D eigenvalue weighted by atomic mass is 16.5. The number of amides is 1. The summed E-state index contributed by atoms with van der Waals surface area (Å²) in [5.74, 6) is 0.439. The molecule has 4 rings (SSSR count). The van der Waals surface area contributed by atoms with Crippen molar-refractivity contribution in [1.82, 2.24) is 20.2 Å². The normalized spacial score (nSPS) is 10.5. The second kappa shape index (κ2) is 8.35. The van der Waals surface area contributed by atoms with Gasteiger partial charge in [0.1, 0.15) is 18.7 Å². The van der Waals surface area contributed by atoms with Gasteiger partial charge in [-0.2, -0.15) is 0 Å². The second-order valence-corrected chi connectivity index (χ2v) is 6.56. The number of hydrogen-bond donors (Lipinski definition) is 1. The van der Waals surface area contributed by atoms with Crippen LogP contribution in [-0.2, 0) is 6.61 Å². The molecular formula is C22H19N5O2. The van der Waals surface area contributed by atoms with Crippen LogP contribution >= 0.6 is 0 Å². The van der Waals surface area contributed by atoms with Crippen molar-refractivity contribution in [1.29, 1.82) is 0 Å². The molecule has 3 aromatic carbocycles. The highest BCUT2D eigenvalue weighted by Gasteiger charge is 2.08. The first kappa shape index (κ1) is 18.4. The summed E-state index contributed by atoms with van der Waals surface area (Å²) in [7, 11) is 0. The average molecular weight is 385 g/mol. The molecule has 0 saturated heterocycles. The lowest BCUT2D eigenvalue weighted by Gasteiger charge is -2.10. The van der Waals surface area contributed by atoms with E-state index < -0.39 is 0 Å². The Labute approximate surface area is 168 Å². The fourth-order valence-electron chi connectivity index (χ4n) is 2.88. The van der Waals surface area contributed by atoms with Crippen LogP contribution < -0.4 is 10.1 Å². The molecule has 29 heavy (non-hydrogen) atoms. The molecule has 0 saturated carbocycles. The zero-order valence-electron chi connectivity index (χ0n) is 15.8. The molecule has 0 aliphatic carbocycles. The third kappa shape index (κ3) is 4.65. The Balaban J connectivity index is 1.40. The van der Waals surface area contributed by atoms with Gasteiger partial charge in [0.2, 0.25) is 0 Å². The molecule has 0 bridgehead atoms. The van der Waals surface area contributed by atoms with E-state index >= 15 is 0 Å². The number of ether oxygens (including phenoxy) is 1. The average Bonchev–Trinajstić information content (AvgIpc) is 3.28. The van der Waals surface area contributed by atoms with Crippen molar-refractivity contribution in [2.24, 2.45) is 0 Å². The monoisotopic (exact) mass is 385 g/mol. The van der Waals surface area contributed by atoms with Gasteiger partial charge in [0.15, 0.2) is 0 Å². The van der Waals surface area contributed by atoms with Crippen molar-refractivity contribution < 1.29 is 9.53 Å². The Morgan fingerprint density at radius 1 is 1.03 bits per heavy atom. The number of nitrogens with one attached hydrogen (secondary N) is 1. The third-order valence-corrected chi connectivity index (χ3v) is 4.32. The third-order valence-electron chi connectivity index (χ3n) is 4.32. The Bertz CT molecular complexity index is 1110. The van der Waals surface area contributed by atoms with Gasteiger partial charge in [0.25, 0.3) is 5.91 Å². The topological polar surface area (TPSA) is 81.9 Å². The largest absolute Gasteiger partial charge is 0.489 e. The number of aryl methyl sites for hydroxylation is 1. The number of aromatic nitrogens is 4. The number of rotatable bonds is 6. The Morgan fingerprint density at radius 2 is 1.86 bits per heavy atom. The van der Waals surface area contributed by atoms with Crippen LogP contribution in [-0.4, -0.2) is 26.1 Å². The Kier molecular flexibility index (Phi) is 5.29. The first-order valence-electron chi connectivity index (χ1n) is 9.10. The molecular weight excluding hydrogens is 366 g/mol. The maximum absolute atomic E-state index is 12.6. The molecule has 0 unspecified atom stereocenters. The van der Waals surface area contributed by atoms with Crippen molar-refractivity contribution in [2.45, 2.75) is 13.5 Å². The van der Waals surface area contributed by atoms with E-state index in [1.54, 1.807) is 35.0 Å². The van der Waals surface area contributed by atoms with Crippen molar-refractivity contribution >= 4 is 11.6 Å². The van der Waals surface area contributed by atoms with Gasteiger partial charge in [-0.3, -0.25) is 4.79 Å². The van der Waals surface area contributed by atoms with Crippen LogP contribution in [0.15, 0.2) is 79.1 Å². The summed E-state index contributed by atoms with van der Waals surface area (Å²) in [5, 5.41) is 13.9. The van der Waals surface area contributed by atoms with E-state index in [1.807, 2.05) is 43.3 Å². The van der Waals surface area contributed by atoms with Gasteiger partial charge in [-0.25, -0.2) is 4.68 Å². The van der Waals surface area contributed by atoms with Crippen molar-refractivity contribution in [2.75, 3.05) is 5.32 Å². The summed E-state index contributed by atoms with van der Waals surface area (Å²) < 4.78 is 7.39. The van der Waals surface area contributed by atoms with Gasteiger partial charge in [-0.05, 0) is 65.4 Å². The summed E-state index contributed by atoms with van der Waals surface area (Å²) in [5.41, 5.74) is 4.28. The second-order valence-electron chi connectivity index (χ2n) is 6.56. The van der Waals surface area contributed by atoms with Gasteiger partial charge in [0.05, 0.1) is 5.69 Å². The molecule has 0 aliphatic rings. The number of nitrogens with zero attached hydrogens (tertiary/aromatic N) is 4. The van der Waals surface area contributed by atoms with Crippen LogP contribution in [0.2, 0.25) is 0 Å². The minimum absolute atomic E-state index is 0.207. The van der Waals surface area contributed by atoms with E-state index in [-0.39, 0.29) is 5.91 Å². The molecule has 0 aliphatic heterocycles. The SMILES string of the molecule is Cc1cccc(COc2cccc(C(=O)Nc3ccc(-n4cnnn4)cc3)c2)c1. The van der Waals surface area contributed by atoms with Crippen molar-refractivity contribution in [3.05, 3.63) is 95.8 Å². The Hall–Kier alpha value is -4.00. The van der Waals surface area contributed by atoms with E-state index in [1.165, 1.54) is 11.9 Å². The number of anilines is 1. The van der Waals surface area contributed by atoms with Crippen LogP contribution in [0.3, 0.4) is 0 Å². The molecule has 0 radical (unpaired) electrons. The van der Waals surface area contributed by atoms with Crippen LogP contribution in [0, 0.1) is 6.92 Å². The van der Waals surface area contributed by atoms with Gasteiger partial charge < -0.3 is 10.1 Å². The van der Waals surface area contributed by atoms with Crippen LogP contribution in [0.25, 0.3) is 5.69 Å². The lowest BCUT2D eigenvalue weighted by atomic mass is 10.1. The van der Waals surface area contributed by atoms with Crippen molar-refractivity contribution in [3.63, 3.8) is 0 Å². The van der Waals surface area contributed by atoms with E-state index in [2.05, 4.69) is 26.9 Å². The lowest BCUT2D eigenvalue weighted by Crippen LogP contribution is -2.12. The zero-order chi connectivity index (χ0) is 20.1. The summed E-state index contributed by atoms with van der Waals surface area (Å²) in [6.07, 6.45) is 1.51. The number of tetrazole rings is 1. The molecule has 0 spiro atoms. The molecule has 0 atom stereocenters. The van der Waals surface area contributed by atoms with E-state index in [9.17, 15) is 4.79 Å². The summed E-state index contributed by atoms with van der Waals surface area (Å²) in [4.78, 5) is 12.6. The molecule has 1 amide bonds. The van der Waals surface area contributed by atoms with Crippen LogP contribution in [0.5, 0.6) is 5.75 Å². The fraction of sp³-hybridized carbons (Fsp3) is 0.0909. The summed E-state index contributed by atoms with van der Waals surface area (Å²) >= 11 is 0. The zero-order valence-corrected chi connectivity index (χ0v) is 15.8. The molecule has 1 N–H and O–H groups in total. The van der Waals surface area contributed by atoms with Crippen molar-refractivity contribution in [3.8, 4) is 11.4 Å². The standard InChI is InChI=1S/C22H19N5O2/c1-16-4-2-5-17(12-16)14-29-21-7-3-6-18(13-21)22(28)24-19-8-10-20(11-9-19)27-15-23-25-26-27/h2-13,15H,14H2,1H3,(H,24,28). The smallest absolute Gasteiger partial charge is 0.255 e. The number of carbonyl (C=O) groups excluding carboxylic acids is 1. The molecule has 144 valence electrons. The highest BCUT2D eigenvalue weighted by molar-refractivity contribution is 6.04. The molecule has 4 aromatic rings. The predicted octanol–water partition coefficient (Wildman–Crippen LogP) is 3.80. The van der Waals surface area contributed by atoms with E-state index in [0.717, 1.165) is 11.3 Å². The van der Waals surface area contributed by atoms with Gasteiger partial charge >= 0.3 is 0 Å². The quantitative estimate of drug-likeness (QED) is 0.546. The Morgan fingerprint density at radius 3 is 2.62 bits per heavy atom. The highest BCUT2D eigenvalue weighted by Crippen LogP contribution is 2.18. The van der Waals surface area contributed by atoms with E-state index in [0.29, 0.717) is 23.6 Å². The number of benzene rings is 3. The van der Waals surface area contributed by atoms with Gasteiger partial charge in [-0.1, -0.05) is 35.9 Å². The molecule has 7 heteroatoms. The number of hydrogen-bond acceptors (Lipinski definition) is 5. The van der Waals surface area contributed by atoms with Gasteiger partial charge in [0, 0.05) is 11.3 Å². The maximum Gasteiger partial charge on any atom is 0.255 e. The van der Waals surface area contributed by atoms with Gasteiger partial charge in [-0.15, -0.1) is 5.10 Å².